The molecule has 6 heterocycles. The van der Waals surface area contributed by atoms with Gasteiger partial charge in [0.1, 0.15) is 23.3 Å². The molecule has 0 amide bonds. The Morgan fingerprint density at radius 1 is 1.00 bits per heavy atom. The second-order valence-electron chi connectivity index (χ2n) is 18.6. The van der Waals surface area contributed by atoms with Crippen LogP contribution in [0.25, 0.3) is 10.9 Å². The van der Waals surface area contributed by atoms with Gasteiger partial charge < -0.3 is 48.9 Å². The number of benzene rings is 2. The van der Waals surface area contributed by atoms with Gasteiger partial charge in [-0.3, -0.25) is 14.5 Å². The average Bonchev–Trinajstić information content (AvgIpc) is 3.89. The molecule has 14 heteroatoms. The normalized spacial score (nSPS) is 37.8. The summed E-state index contributed by atoms with van der Waals surface area (Å²) < 4.78 is 23.2. The van der Waals surface area contributed by atoms with Gasteiger partial charge in [-0.05, 0) is 61.9 Å². The number of piperidine rings is 1. The summed E-state index contributed by atoms with van der Waals surface area (Å²) in [5, 5.41) is 41.0. The number of likely N-dealkylation sites (N-methyl/N-ethyl adjacent to an activating group) is 1. The van der Waals surface area contributed by atoms with Gasteiger partial charge in [-0.15, -0.1) is 0 Å². The molecule has 9 rings (SSSR count). The molecule has 2 aromatic carbocycles. The molecule has 6 aliphatic rings. The SMILES string of the molecule is CC[C@]1(O)C[C@H]2C[C@](C(=O)OC)(c3cc4c(cc3OC)N(C)[C@@H]3[C@](O)(C(=O)OC)[C@H](OC(C)=O)[C@@]5(CC)C=CCN6CC[C@@]43[C@@H]65)c3[nH]c4ccccc4c3CC[N+]([O-])(C2)C1. The fraction of sp³-hybridized carbons (Fsp3) is 0.587. The summed E-state index contributed by atoms with van der Waals surface area (Å²) in [7, 11) is 6.01. The summed E-state index contributed by atoms with van der Waals surface area (Å²) in [6.07, 6.45) is 4.94. The third kappa shape index (κ3) is 5.20. The fourth-order valence-corrected chi connectivity index (χ4v) is 13.8. The quantitative estimate of drug-likeness (QED) is 0.103. The van der Waals surface area contributed by atoms with Gasteiger partial charge in [-0.25, -0.2) is 4.79 Å². The Labute approximate surface area is 350 Å². The number of esters is 3. The maximum Gasteiger partial charge on any atom is 0.344 e. The van der Waals surface area contributed by atoms with Crippen LogP contribution in [-0.4, -0.2) is 133 Å². The Kier molecular flexibility index (Phi) is 9.39. The van der Waals surface area contributed by atoms with Crippen molar-refractivity contribution in [2.24, 2.45) is 11.3 Å². The lowest BCUT2D eigenvalue weighted by molar-refractivity contribution is -0.896. The van der Waals surface area contributed by atoms with E-state index in [1.165, 1.54) is 21.1 Å². The van der Waals surface area contributed by atoms with Crippen molar-refractivity contribution >= 4 is 34.5 Å². The van der Waals surface area contributed by atoms with Crippen molar-refractivity contribution in [3.05, 3.63) is 76.1 Å². The van der Waals surface area contributed by atoms with E-state index in [2.05, 4.69) is 9.88 Å². The minimum absolute atomic E-state index is 0.0737. The van der Waals surface area contributed by atoms with Gasteiger partial charge >= 0.3 is 17.9 Å². The summed E-state index contributed by atoms with van der Waals surface area (Å²) in [6.45, 7) is 6.94. The molecule has 3 N–H and O–H groups in total. The van der Waals surface area contributed by atoms with Crippen LogP contribution >= 0.6 is 0 Å². The number of nitrogens with one attached hydrogen (secondary N) is 1. The first-order chi connectivity index (χ1) is 28.6. The molecule has 2 bridgehead atoms. The number of aromatic amines is 1. The van der Waals surface area contributed by atoms with Crippen LogP contribution < -0.4 is 9.64 Å². The molecule has 3 fully saturated rings. The van der Waals surface area contributed by atoms with Gasteiger partial charge in [0.15, 0.2) is 6.10 Å². The van der Waals surface area contributed by atoms with Crippen molar-refractivity contribution in [1.82, 2.24) is 9.88 Å². The Bertz CT molecular complexity index is 2310. The van der Waals surface area contributed by atoms with E-state index >= 15 is 4.79 Å². The van der Waals surface area contributed by atoms with Crippen molar-refractivity contribution in [2.75, 3.05) is 66.0 Å². The second kappa shape index (κ2) is 13.8. The van der Waals surface area contributed by atoms with Crippen molar-refractivity contribution in [3.8, 4) is 5.75 Å². The predicted molar refractivity (Wildman–Crippen MR) is 222 cm³/mol. The molecule has 1 saturated carbocycles. The minimum atomic E-state index is -2.34. The fourth-order valence-electron chi connectivity index (χ4n) is 13.8. The summed E-state index contributed by atoms with van der Waals surface area (Å²) in [5.74, 6) is -2.08. The smallest absolute Gasteiger partial charge is 0.344 e. The molecule has 5 aliphatic heterocycles. The predicted octanol–water partition coefficient (Wildman–Crippen LogP) is 4.00. The number of anilines is 1. The molecular weight excluding hydrogens is 769 g/mol. The first kappa shape index (κ1) is 40.9. The molecule has 60 heavy (non-hydrogen) atoms. The Hall–Kier alpha value is -4.47. The van der Waals surface area contributed by atoms with Gasteiger partial charge in [0, 0.05) is 83.6 Å². The zero-order valence-electron chi connectivity index (χ0n) is 35.7. The first-order valence-electron chi connectivity index (χ1n) is 21.4. The van der Waals surface area contributed by atoms with Crippen LogP contribution in [0.4, 0.5) is 5.69 Å². The number of H-pyrrole nitrogens is 1. The standard InChI is InChI=1S/C46H58N4O10/c1-8-42(54)23-28-24-45(40(52)58-6,36-30(15-20-50(56,25-28)26-42)29-13-10-11-14-33(29)47-36)32-21-31-34(22-35(32)57-5)48(4)38-44(31)17-19-49-18-12-16-43(9-2,37(44)49)39(60-27(3)51)46(38,55)41(53)59-7/h10-14,16,21-22,28,37-39,47,54-55H,8-9,15,17-20,23-26H2,1-7H3/t28-,37-,38-,39+,42-,43-,44-,45-,46+,50?/m0/s1. The third-order valence-corrected chi connectivity index (χ3v) is 15.8. The number of para-hydroxylation sites is 1. The summed E-state index contributed by atoms with van der Waals surface area (Å²) in [4.78, 5) is 50.7. The maximum absolute atomic E-state index is 15.3. The van der Waals surface area contributed by atoms with Gasteiger partial charge in [0.05, 0.1) is 40.5 Å². The molecule has 10 atom stereocenters. The molecule has 2 saturated heterocycles. The highest BCUT2D eigenvalue weighted by atomic mass is 16.6. The number of hydroxylamine groups is 3. The number of rotatable bonds is 7. The second-order valence-corrected chi connectivity index (χ2v) is 18.6. The molecule has 322 valence electrons. The molecule has 1 aromatic heterocycles. The van der Waals surface area contributed by atoms with Crippen molar-refractivity contribution < 1.29 is 48.2 Å². The highest BCUT2D eigenvalue weighted by Gasteiger charge is 2.80. The van der Waals surface area contributed by atoms with Crippen molar-refractivity contribution in [2.45, 2.75) is 99.5 Å². The molecular formula is C46H58N4O10. The van der Waals surface area contributed by atoms with Gasteiger partial charge in [-0.2, -0.15) is 0 Å². The Morgan fingerprint density at radius 2 is 1.75 bits per heavy atom. The number of carbonyl (C=O) groups is 3. The molecule has 1 aliphatic carbocycles. The number of quaternary nitrogens is 1. The monoisotopic (exact) mass is 826 g/mol. The molecule has 14 nitrogen and oxygen atoms in total. The lowest BCUT2D eigenvalue weighted by Crippen LogP contribution is -2.81. The lowest BCUT2D eigenvalue weighted by Gasteiger charge is -2.63. The van der Waals surface area contributed by atoms with E-state index in [4.69, 9.17) is 18.9 Å². The number of methoxy groups -OCH3 is 3. The molecule has 0 radical (unpaired) electrons. The van der Waals surface area contributed by atoms with E-state index in [1.54, 1.807) is 7.11 Å². The molecule has 3 aromatic rings. The number of hydrogen-bond donors (Lipinski definition) is 3. The van der Waals surface area contributed by atoms with Gasteiger partial charge in [-0.1, -0.05) is 44.2 Å². The van der Waals surface area contributed by atoms with Crippen LogP contribution in [0.2, 0.25) is 0 Å². The Balaban J connectivity index is 1.37. The van der Waals surface area contributed by atoms with E-state index in [-0.39, 0.29) is 32.1 Å². The summed E-state index contributed by atoms with van der Waals surface area (Å²) >= 11 is 0. The summed E-state index contributed by atoms with van der Waals surface area (Å²) in [5.41, 5.74) is -2.80. The molecule has 1 spiro atoms. The minimum Gasteiger partial charge on any atom is -0.633 e. The highest BCUT2D eigenvalue weighted by Crippen LogP contribution is 2.68. The first-order valence-corrected chi connectivity index (χ1v) is 21.4. The zero-order valence-corrected chi connectivity index (χ0v) is 35.7. The third-order valence-electron chi connectivity index (χ3n) is 15.8. The van der Waals surface area contributed by atoms with Crippen molar-refractivity contribution in [1.29, 1.82) is 0 Å². The number of fused-ring (bicyclic) bond motifs is 6. The van der Waals surface area contributed by atoms with Crippen LogP contribution in [0.15, 0.2) is 48.6 Å². The maximum atomic E-state index is 15.3. The highest BCUT2D eigenvalue weighted by molar-refractivity contribution is 5.95. The number of carbonyl (C=O) groups excluding carboxylic acids is 3. The number of ether oxygens (including phenoxy) is 4. The summed E-state index contributed by atoms with van der Waals surface area (Å²) in [6, 6.07) is 10.5. The topological polar surface area (TPSA) is 174 Å². The number of hydrogen-bond acceptors (Lipinski definition) is 12. The van der Waals surface area contributed by atoms with E-state index in [0.717, 1.165) is 22.0 Å². The van der Waals surface area contributed by atoms with Crippen LogP contribution in [0.3, 0.4) is 0 Å². The van der Waals surface area contributed by atoms with Gasteiger partial charge in [0.25, 0.3) is 0 Å². The van der Waals surface area contributed by atoms with Gasteiger partial charge in [0.2, 0.25) is 5.60 Å². The Morgan fingerprint density at radius 3 is 2.43 bits per heavy atom. The molecule has 1 unspecified atom stereocenters. The number of nitrogens with zero attached hydrogens (tertiary/aromatic N) is 3. The number of aliphatic hydroxyl groups is 2. The average molecular weight is 827 g/mol. The zero-order chi connectivity index (χ0) is 42.8. The van der Waals surface area contributed by atoms with E-state index in [9.17, 15) is 25.0 Å². The largest absolute Gasteiger partial charge is 0.633 e. The van der Waals surface area contributed by atoms with E-state index < -0.39 is 68.1 Å². The number of aromatic nitrogens is 1. The lowest BCUT2D eigenvalue weighted by atomic mass is 9.47. The van der Waals surface area contributed by atoms with E-state index in [1.807, 2.05) is 74.3 Å². The van der Waals surface area contributed by atoms with Crippen molar-refractivity contribution in [3.63, 3.8) is 0 Å². The van der Waals surface area contributed by atoms with Crippen LogP contribution in [0.5, 0.6) is 5.75 Å². The van der Waals surface area contributed by atoms with Crippen LogP contribution in [0, 0.1) is 16.5 Å². The van der Waals surface area contributed by atoms with Crippen LogP contribution in [-0.2, 0) is 45.8 Å². The van der Waals surface area contributed by atoms with E-state index in [0.29, 0.717) is 67.9 Å². The van der Waals surface area contributed by atoms with Crippen LogP contribution in [0.1, 0.15) is 75.3 Å².